The zero-order chi connectivity index (χ0) is 18.1. The summed E-state index contributed by atoms with van der Waals surface area (Å²) in [5.41, 5.74) is 2.41. The molecule has 0 bridgehead atoms. The molecular weight excluding hydrogens is 320 g/mol. The lowest BCUT2D eigenvalue weighted by molar-refractivity contribution is -0.138. The summed E-state index contributed by atoms with van der Waals surface area (Å²) in [5, 5.41) is 9.85. The van der Waals surface area contributed by atoms with Crippen molar-refractivity contribution in [1.82, 2.24) is 4.98 Å². The number of carboxylic acid groups (broad SMARTS) is 1. The van der Waals surface area contributed by atoms with Gasteiger partial charge in [-0.3, -0.25) is 0 Å². The maximum atomic E-state index is 12.0. The number of anilines is 1. The Morgan fingerprint density at radius 1 is 1.20 bits per heavy atom. The highest BCUT2D eigenvalue weighted by Gasteiger charge is 2.19. The summed E-state index contributed by atoms with van der Waals surface area (Å²) in [4.78, 5) is 29.0. The molecule has 3 aromatic rings. The number of fused-ring (bicyclic) bond motifs is 1. The standard InChI is InChI=1S/C19H18N2O4/c1-11-6-4-5-7-13(11)15-10-17(22)25-18-14(15)8-9-16(20-18)21(3)12(2)19(23)24/h4-10,12H,1-3H3,(H,23,24)/t12-/m0/s1. The van der Waals surface area contributed by atoms with Crippen LogP contribution in [0.5, 0.6) is 0 Å². The molecule has 0 aliphatic heterocycles. The van der Waals surface area contributed by atoms with Gasteiger partial charge in [-0.05, 0) is 37.1 Å². The second kappa shape index (κ2) is 6.39. The maximum absolute atomic E-state index is 12.0. The van der Waals surface area contributed by atoms with Crippen molar-refractivity contribution < 1.29 is 14.3 Å². The molecule has 128 valence electrons. The summed E-state index contributed by atoms with van der Waals surface area (Å²) < 4.78 is 5.25. The molecule has 0 radical (unpaired) electrons. The Morgan fingerprint density at radius 2 is 1.92 bits per heavy atom. The number of benzene rings is 1. The number of aryl methyl sites for hydroxylation is 1. The third-order valence-corrected chi connectivity index (χ3v) is 4.33. The van der Waals surface area contributed by atoms with Crippen LogP contribution in [0, 0.1) is 6.92 Å². The number of carbonyl (C=O) groups is 1. The van der Waals surface area contributed by atoms with E-state index >= 15 is 0 Å². The minimum atomic E-state index is -0.959. The van der Waals surface area contributed by atoms with Crippen molar-refractivity contribution in [3.8, 4) is 11.1 Å². The minimum absolute atomic E-state index is 0.188. The third kappa shape index (κ3) is 3.10. The van der Waals surface area contributed by atoms with Crippen LogP contribution in [0.25, 0.3) is 22.2 Å². The summed E-state index contributed by atoms with van der Waals surface area (Å²) in [6.07, 6.45) is 0. The molecule has 0 saturated heterocycles. The zero-order valence-electron chi connectivity index (χ0n) is 14.2. The molecule has 0 fully saturated rings. The lowest BCUT2D eigenvalue weighted by atomic mass is 9.99. The lowest BCUT2D eigenvalue weighted by Gasteiger charge is -2.22. The van der Waals surface area contributed by atoms with Crippen molar-refractivity contribution in [2.75, 3.05) is 11.9 Å². The van der Waals surface area contributed by atoms with E-state index in [2.05, 4.69) is 4.98 Å². The number of hydrogen-bond donors (Lipinski definition) is 1. The molecule has 2 heterocycles. The molecule has 0 aliphatic rings. The van der Waals surface area contributed by atoms with Gasteiger partial charge >= 0.3 is 11.6 Å². The van der Waals surface area contributed by atoms with Gasteiger partial charge in [-0.2, -0.15) is 4.98 Å². The molecule has 0 saturated carbocycles. The van der Waals surface area contributed by atoms with Crippen LogP contribution < -0.4 is 10.5 Å². The van der Waals surface area contributed by atoms with E-state index in [0.29, 0.717) is 11.2 Å². The number of carboxylic acids is 1. The molecule has 0 spiro atoms. The molecule has 3 rings (SSSR count). The van der Waals surface area contributed by atoms with Crippen LogP contribution in [-0.4, -0.2) is 29.1 Å². The highest BCUT2D eigenvalue weighted by molar-refractivity contribution is 5.93. The van der Waals surface area contributed by atoms with E-state index in [4.69, 9.17) is 9.52 Å². The molecule has 25 heavy (non-hydrogen) atoms. The van der Waals surface area contributed by atoms with Gasteiger partial charge in [-0.25, -0.2) is 9.59 Å². The topological polar surface area (TPSA) is 83.6 Å². The molecule has 0 aliphatic carbocycles. The van der Waals surface area contributed by atoms with Crippen LogP contribution in [0.4, 0.5) is 5.82 Å². The predicted octanol–water partition coefficient (Wildman–Crippen LogP) is 3.07. The molecule has 6 heteroatoms. The number of aromatic nitrogens is 1. The number of likely N-dealkylation sites (N-methyl/N-ethyl adjacent to an activating group) is 1. The highest BCUT2D eigenvalue weighted by atomic mass is 16.4. The van der Waals surface area contributed by atoms with Crippen molar-refractivity contribution in [3.05, 3.63) is 58.4 Å². The largest absolute Gasteiger partial charge is 0.480 e. The first-order chi connectivity index (χ1) is 11.9. The van der Waals surface area contributed by atoms with Crippen LogP contribution in [0.3, 0.4) is 0 Å². The van der Waals surface area contributed by atoms with Crippen molar-refractivity contribution in [2.24, 2.45) is 0 Å². The molecule has 6 nitrogen and oxygen atoms in total. The van der Waals surface area contributed by atoms with Gasteiger partial charge in [0.15, 0.2) is 0 Å². The Labute approximate surface area is 144 Å². The van der Waals surface area contributed by atoms with Gasteiger partial charge in [-0.1, -0.05) is 24.3 Å². The SMILES string of the molecule is Cc1ccccc1-c1cc(=O)oc2nc(N(C)[C@@H](C)C(=O)O)ccc12. The fraction of sp³-hybridized carbons (Fsp3) is 0.211. The van der Waals surface area contributed by atoms with E-state index in [0.717, 1.165) is 16.7 Å². The number of hydrogen-bond acceptors (Lipinski definition) is 5. The molecule has 2 aromatic heterocycles. The first-order valence-electron chi connectivity index (χ1n) is 7.85. The monoisotopic (exact) mass is 338 g/mol. The summed E-state index contributed by atoms with van der Waals surface area (Å²) in [7, 11) is 1.64. The van der Waals surface area contributed by atoms with Crippen LogP contribution in [0.15, 0.2) is 51.7 Å². The van der Waals surface area contributed by atoms with Gasteiger partial charge in [0.05, 0.1) is 0 Å². The number of aliphatic carboxylic acids is 1. The minimum Gasteiger partial charge on any atom is -0.480 e. The average Bonchev–Trinajstić information content (AvgIpc) is 2.59. The van der Waals surface area contributed by atoms with Crippen LogP contribution in [0.1, 0.15) is 12.5 Å². The summed E-state index contributed by atoms with van der Waals surface area (Å²) in [6, 6.07) is 12.0. The number of pyridine rings is 1. The van der Waals surface area contributed by atoms with Crippen LogP contribution in [-0.2, 0) is 4.79 Å². The average molecular weight is 338 g/mol. The fourth-order valence-electron chi connectivity index (χ4n) is 2.69. The molecule has 0 unspecified atom stereocenters. The van der Waals surface area contributed by atoms with Gasteiger partial charge in [0.2, 0.25) is 5.71 Å². The first-order valence-corrected chi connectivity index (χ1v) is 7.85. The Hall–Kier alpha value is -3.15. The van der Waals surface area contributed by atoms with E-state index in [-0.39, 0.29) is 5.71 Å². The van der Waals surface area contributed by atoms with Crippen molar-refractivity contribution in [2.45, 2.75) is 19.9 Å². The highest BCUT2D eigenvalue weighted by Crippen LogP contribution is 2.30. The van der Waals surface area contributed by atoms with Crippen molar-refractivity contribution in [1.29, 1.82) is 0 Å². The Kier molecular flexibility index (Phi) is 4.27. The van der Waals surface area contributed by atoms with Crippen molar-refractivity contribution in [3.63, 3.8) is 0 Å². The summed E-state index contributed by atoms with van der Waals surface area (Å²) in [6.45, 7) is 3.54. The Bertz CT molecular complexity index is 1010. The Morgan fingerprint density at radius 3 is 2.60 bits per heavy atom. The van der Waals surface area contributed by atoms with Gasteiger partial charge in [-0.15, -0.1) is 0 Å². The molecule has 1 aromatic carbocycles. The molecule has 0 amide bonds. The number of rotatable bonds is 4. The van der Waals surface area contributed by atoms with Crippen LogP contribution in [0.2, 0.25) is 0 Å². The van der Waals surface area contributed by atoms with E-state index in [1.54, 1.807) is 26.1 Å². The molecule has 1 atom stereocenters. The van der Waals surface area contributed by atoms with Gasteiger partial charge in [0.1, 0.15) is 11.9 Å². The quantitative estimate of drug-likeness (QED) is 0.787. The second-order valence-corrected chi connectivity index (χ2v) is 5.94. The van der Waals surface area contributed by atoms with E-state index < -0.39 is 17.6 Å². The Balaban J connectivity index is 2.18. The van der Waals surface area contributed by atoms with E-state index in [1.807, 2.05) is 31.2 Å². The lowest BCUT2D eigenvalue weighted by Crippen LogP contribution is -2.36. The predicted molar refractivity (Wildman–Crippen MR) is 96.0 cm³/mol. The fourth-order valence-corrected chi connectivity index (χ4v) is 2.69. The molecular formula is C19H18N2O4. The first kappa shape index (κ1) is 16.7. The van der Waals surface area contributed by atoms with Crippen LogP contribution >= 0.6 is 0 Å². The normalized spacial score (nSPS) is 12.1. The number of nitrogens with zero attached hydrogens (tertiary/aromatic N) is 2. The maximum Gasteiger partial charge on any atom is 0.338 e. The summed E-state index contributed by atoms with van der Waals surface area (Å²) in [5.74, 6) is -0.535. The van der Waals surface area contributed by atoms with Crippen molar-refractivity contribution >= 4 is 22.9 Å². The zero-order valence-corrected chi connectivity index (χ0v) is 14.2. The van der Waals surface area contributed by atoms with E-state index in [9.17, 15) is 9.59 Å². The third-order valence-electron chi connectivity index (χ3n) is 4.33. The summed E-state index contributed by atoms with van der Waals surface area (Å²) >= 11 is 0. The second-order valence-electron chi connectivity index (χ2n) is 5.94. The van der Waals surface area contributed by atoms with Gasteiger partial charge in [0.25, 0.3) is 0 Å². The van der Waals surface area contributed by atoms with Gasteiger partial charge in [0, 0.05) is 24.1 Å². The molecule has 1 N–H and O–H groups in total. The van der Waals surface area contributed by atoms with E-state index in [1.165, 1.54) is 11.0 Å². The van der Waals surface area contributed by atoms with Gasteiger partial charge < -0.3 is 14.4 Å². The smallest absolute Gasteiger partial charge is 0.338 e.